The van der Waals surface area contributed by atoms with Crippen LogP contribution in [0.2, 0.25) is 0 Å². The van der Waals surface area contributed by atoms with E-state index in [0.717, 1.165) is 19.5 Å². The van der Waals surface area contributed by atoms with Crippen molar-refractivity contribution >= 4 is 5.91 Å². The van der Waals surface area contributed by atoms with Crippen LogP contribution in [0.1, 0.15) is 27.2 Å². The van der Waals surface area contributed by atoms with Crippen LogP contribution in [0.15, 0.2) is 0 Å². The van der Waals surface area contributed by atoms with Crippen LogP contribution in [0, 0.1) is 5.41 Å². The molecule has 0 spiro atoms. The lowest BCUT2D eigenvalue weighted by Crippen LogP contribution is -2.47. The first-order valence-corrected chi connectivity index (χ1v) is 6.61. The van der Waals surface area contributed by atoms with Crippen LogP contribution < -0.4 is 5.32 Å². The Morgan fingerprint density at radius 2 is 2.00 bits per heavy atom. The molecule has 0 aliphatic carbocycles. The Bertz CT molecular complexity index is 257. The molecule has 0 saturated carbocycles. The molecule has 18 heavy (non-hydrogen) atoms. The minimum Gasteiger partial charge on any atom is -0.394 e. The fourth-order valence-corrected chi connectivity index (χ4v) is 2.14. The number of morpholine rings is 1. The van der Waals surface area contributed by atoms with Crippen molar-refractivity contribution in [2.45, 2.75) is 33.2 Å². The summed E-state index contributed by atoms with van der Waals surface area (Å²) >= 11 is 0. The van der Waals surface area contributed by atoms with E-state index in [-0.39, 0.29) is 24.0 Å². The highest BCUT2D eigenvalue weighted by Crippen LogP contribution is 2.20. The summed E-state index contributed by atoms with van der Waals surface area (Å²) in [4.78, 5) is 13.9. The standard InChI is InChI=1S/C13H26N2O3/c1-13(2,3)8-11(10-16)14-12(17)9-15-4-6-18-7-5-15/h11,16H,4-10H2,1-3H3,(H,14,17). The van der Waals surface area contributed by atoms with E-state index in [1.807, 2.05) is 0 Å². The summed E-state index contributed by atoms with van der Waals surface area (Å²) in [6, 6.07) is -0.154. The summed E-state index contributed by atoms with van der Waals surface area (Å²) < 4.78 is 5.24. The van der Waals surface area contributed by atoms with E-state index in [2.05, 4.69) is 31.0 Å². The molecule has 1 heterocycles. The van der Waals surface area contributed by atoms with Crippen LogP contribution in [-0.2, 0) is 9.53 Å². The van der Waals surface area contributed by atoms with Crippen LogP contribution >= 0.6 is 0 Å². The van der Waals surface area contributed by atoms with Crippen molar-refractivity contribution < 1.29 is 14.6 Å². The molecule has 1 atom stereocenters. The molecule has 106 valence electrons. The van der Waals surface area contributed by atoms with E-state index < -0.39 is 0 Å². The van der Waals surface area contributed by atoms with E-state index in [1.165, 1.54) is 0 Å². The Hall–Kier alpha value is -0.650. The molecule has 2 N–H and O–H groups in total. The number of hydrogen-bond acceptors (Lipinski definition) is 4. The van der Waals surface area contributed by atoms with Gasteiger partial charge in [-0.2, -0.15) is 0 Å². The van der Waals surface area contributed by atoms with Gasteiger partial charge in [0.05, 0.1) is 32.4 Å². The van der Waals surface area contributed by atoms with Gasteiger partial charge in [0.1, 0.15) is 0 Å². The first kappa shape index (κ1) is 15.4. The fourth-order valence-electron chi connectivity index (χ4n) is 2.14. The monoisotopic (exact) mass is 258 g/mol. The Kier molecular flexibility index (Phi) is 6.05. The molecule has 0 aromatic rings. The van der Waals surface area contributed by atoms with Gasteiger partial charge < -0.3 is 15.2 Å². The number of ether oxygens (including phenoxy) is 1. The highest BCUT2D eigenvalue weighted by molar-refractivity contribution is 5.78. The molecule has 0 aromatic heterocycles. The lowest BCUT2D eigenvalue weighted by molar-refractivity contribution is -0.124. The van der Waals surface area contributed by atoms with Crippen LogP contribution in [0.5, 0.6) is 0 Å². The molecule has 1 fully saturated rings. The molecule has 1 amide bonds. The summed E-state index contributed by atoms with van der Waals surface area (Å²) in [6.07, 6.45) is 0.776. The zero-order valence-electron chi connectivity index (χ0n) is 11.7. The Morgan fingerprint density at radius 1 is 1.39 bits per heavy atom. The van der Waals surface area contributed by atoms with Gasteiger partial charge in [0.2, 0.25) is 5.91 Å². The Balaban J connectivity index is 2.32. The van der Waals surface area contributed by atoms with Gasteiger partial charge in [0, 0.05) is 13.1 Å². The molecule has 1 saturated heterocycles. The molecule has 1 aliphatic heterocycles. The smallest absolute Gasteiger partial charge is 0.234 e. The van der Waals surface area contributed by atoms with Gasteiger partial charge >= 0.3 is 0 Å². The number of aliphatic hydroxyl groups excluding tert-OH is 1. The maximum absolute atomic E-state index is 11.9. The van der Waals surface area contributed by atoms with Crippen LogP contribution in [0.4, 0.5) is 0 Å². The second-order valence-corrected chi connectivity index (χ2v) is 6.10. The second-order valence-electron chi connectivity index (χ2n) is 6.10. The molecule has 0 aromatic carbocycles. The number of hydrogen-bond donors (Lipinski definition) is 2. The molecule has 1 rings (SSSR count). The Labute approximate surface area is 109 Å². The summed E-state index contributed by atoms with van der Waals surface area (Å²) in [6.45, 7) is 9.68. The van der Waals surface area contributed by atoms with E-state index in [4.69, 9.17) is 4.74 Å². The number of nitrogens with zero attached hydrogens (tertiary/aromatic N) is 1. The lowest BCUT2D eigenvalue weighted by Gasteiger charge is -2.28. The van der Waals surface area contributed by atoms with Gasteiger partial charge in [-0.1, -0.05) is 20.8 Å². The molecule has 5 heteroatoms. The molecular formula is C13H26N2O3. The summed E-state index contributed by atoms with van der Waals surface area (Å²) in [5.41, 5.74) is 0.0969. The predicted octanol–water partition coefficient (Wildman–Crippen LogP) is 0.232. The molecule has 1 unspecified atom stereocenters. The van der Waals surface area contributed by atoms with E-state index in [0.29, 0.717) is 19.8 Å². The number of aliphatic hydroxyl groups is 1. The molecule has 0 radical (unpaired) electrons. The fraction of sp³-hybridized carbons (Fsp3) is 0.923. The maximum Gasteiger partial charge on any atom is 0.234 e. The van der Waals surface area contributed by atoms with Gasteiger partial charge in [-0.05, 0) is 11.8 Å². The summed E-state index contributed by atoms with van der Waals surface area (Å²) in [7, 11) is 0. The number of amides is 1. The van der Waals surface area contributed by atoms with Gasteiger partial charge in [0.15, 0.2) is 0 Å². The van der Waals surface area contributed by atoms with Gasteiger partial charge in [-0.3, -0.25) is 9.69 Å². The quantitative estimate of drug-likeness (QED) is 0.741. The third-order valence-electron chi connectivity index (χ3n) is 2.92. The van der Waals surface area contributed by atoms with Crippen molar-refractivity contribution in [3.8, 4) is 0 Å². The topological polar surface area (TPSA) is 61.8 Å². The predicted molar refractivity (Wildman–Crippen MR) is 70.3 cm³/mol. The Morgan fingerprint density at radius 3 is 2.50 bits per heavy atom. The van der Waals surface area contributed by atoms with Gasteiger partial charge in [-0.25, -0.2) is 0 Å². The van der Waals surface area contributed by atoms with Crippen molar-refractivity contribution in [3.63, 3.8) is 0 Å². The number of nitrogens with one attached hydrogen (secondary N) is 1. The largest absolute Gasteiger partial charge is 0.394 e. The lowest BCUT2D eigenvalue weighted by atomic mass is 9.88. The number of rotatable bonds is 5. The van der Waals surface area contributed by atoms with Crippen molar-refractivity contribution in [3.05, 3.63) is 0 Å². The van der Waals surface area contributed by atoms with E-state index in [1.54, 1.807) is 0 Å². The van der Waals surface area contributed by atoms with E-state index >= 15 is 0 Å². The van der Waals surface area contributed by atoms with Crippen molar-refractivity contribution in [1.29, 1.82) is 0 Å². The van der Waals surface area contributed by atoms with Crippen LogP contribution in [0.25, 0.3) is 0 Å². The van der Waals surface area contributed by atoms with Crippen molar-refractivity contribution in [2.75, 3.05) is 39.5 Å². The minimum absolute atomic E-state index is 0.00782. The third kappa shape index (κ3) is 6.33. The third-order valence-corrected chi connectivity index (χ3v) is 2.92. The highest BCUT2D eigenvalue weighted by Gasteiger charge is 2.21. The zero-order valence-corrected chi connectivity index (χ0v) is 11.7. The number of carbonyl (C=O) groups is 1. The van der Waals surface area contributed by atoms with Crippen LogP contribution in [-0.4, -0.2) is 61.4 Å². The first-order valence-electron chi connectivity index (χ1n) is 6.61. The molecular weight excluding hydrogens is 232 g/mol. The minimum atomic E-state index is -0.154. The van der Waals surface area contributed by atoms with Gasteiger partial charge in [-0.15, -0.1) is 0 Å². The average Bonchev–Trinajstić information content (AvgIpc) is 2.27. The zero-order chi connectivity index (χ0) is 13.6. The number of carbonyl (C=O) groups excluding carboxylic acids is 1. The summed E-state index contributed by atoms with van der Waals surface area (Å²) in [5.74, 6) is -0.0137. The molecule has 1 aliphatic rings. The van der Waals surface area contributed by atoms with Gasteiger partial charge in [0.25, 0.3) is 0 Å². The van der Waals surface area contributed by atoms with Crippen molar-refractivity contribution in [2.24, 2.45) is 5.41 Å². The van der Waals surface area contributed by atoms with Crippen LogP contribution in [0.3, 0.4) is 0 Å². The normalized spacial score (nSPS) is 19.6. The molecule has 5 nitrogen and oxygen atoms in total. The summed E-state index contributed by atoms with van der Waals surface area (Å²) in [5, 5.41) is 12.2. The average molecular weight is 258 g/mol. The van der Waals surface area contributed by atoms with Crippen molar-refractivity contribution in [1.82, 2.24) is 10.2 Å². The second kappa shape index (κ2) is 7.07. The maximum atomic E-state index is 11.9. The highest BCUT2D eigenvalue weighted by atomic mass is 16.5. The molecule has 0 bridgehead atoms. The SMILES string of the molecule is CC(C)(C)CC(CO)NC(=O)CN1CCOCC1. The first-order chi connectivity index (χ1) is 8.40. The van der Waals surface area contributed by atoms with E-state index in [9.17, 15) is 9.90 Å².